The van der Waals surface area contributed by atoms with E-state index < -0.39 is 0 Å². The van der Waals surface area contributed by atoms with E-state index in [-0.39, 0.29) is 18.0 Å². The first-order valence-electron chi connectivity index (χ1n) is 9.01. The van der Waals surface area contributed by atoms with Crippen molar-refractivity contribution in [3.8, 4) is 0 Å². The van der Waals surface area contributed by atoms with Crippen LogP contribution in [0.25, 0.3) is 32.8 Å². The molecule has 3 aromatic carbocycles. The van der Waals surface area contributed by atoms with Crippen molar-refractivity contribution in [2.45, 2.75) is 13.3 Å². The fourth-order valence-corrected chi connectivity index (χ4v) is 4.11. The number of carbonyl (C=O) groups is 2. The lowest BCUT2D eigenvalue weighted by molar-refractivity contribution is -0.119. The van der Waals surface area contributed by atoms with Gasteiger partial charge in [-0.15, -0.1) is 0 Å². The highest BCUT2D eigenvalue weighted by atomic mass is 16.2. The van der Waals surface area contributed by atoms with Crippen molar-refractivity contribution in [3.05, 3.63) is 83.6 Å². The summed E-state index contributed by atoms with van der Waals surface area (Å²) < 4.78 is 0. The zero-order valence-corrected chi connectivity index (χ0v) is 14.9. The number of Topliss-reactive ketones (excluding diaryl/α,β-unsaturated/α-hetero) is 2. The summed E-state index contributed by atoms with van der Waals surface area (Å²) in [6.07, 6.45) is -0.0591. The quantitative estimate of drug-likeness (QED) is 0.512. The molecular formula is C24H17NO2. The molecule has 0 saturated heterocycles. The van der Waals surface area contributed by atoms with Crippen LogP contribution in [-0.4, -0.2) is 16.6 Å². The number of para-hydroxylation sites is 1. The van der Waals surface area contributed by atoms with Crippen LogP contribution in [-0.2, 0) is 9.59 Å². The fourth-order valence-electron chi connectivity index (χ4n) is 4.11. The number of H-pyrrole nitrogens is 1. The maximum absolute atomic E-state index is 12.8. The number of fused-ring (bicyclic) bond motifs is 2. The molecule has 1 N–H and O–H groups in total. The molecule has 0 atom stereocenters. The van der Waals surface area contributed by atoms with Crippen LogP contribution >= 0.6 is 0 Å². The third-order valence-corrected chi connectivity index (χ3v) is 5.31. The molecule has 1 aromatic heterocycles. The van der Waals surface area contributed by atoms with E-state index >= 15 is 0 Å². The first kappa shape index (κ1) is 15.8. The Morgan fingerprint density at radius 3 is 2.33 bits per heavy atom. The third-order valence-electron chi connectivity index (χ3n) is 5.31. The van der Waals surface area contributed by atoms with Gasteiger partial charge in [0.1, 0.15) is 0 Å². The van der Waals surface area contributed by atoms with E-state index in [2.05, 4.69) is 4.98 Å². The molecule has 27 heavy (non-hydrogen) atoms. The lowest BCUT2D eigenvalue weighted by Gasteiger charge is -2.08. The van der Waals surface area contributed by atoms with Crippen molar-refractivity contribution in [3.63, 3.8) is 0 Å². The van der Waals surface area contributed by atoms with Crippen LogP contribution in [0.15, 0.2) is 66.7 Å². The molecular weight excluding hydrogens is 334 g/mol. The molecule has 0 amide bonds. The van der Waals surface area contributed by atoms with Crippen molar-refractivity contribution in [2.24, 2.45) is 0 Å². The van der Waals surface area contributed by atoms with Gasteiger partial charge >= 0.3 is 0 Å². The number of rotatable bonds is 2. The number of carbonyl (C=O) groups excluding carboxylic acids is 2. The number of aryl methyl sites for hydroxylation is 1. The molecule has 0 bridgehead atoms. The molecule has 0 radical (unpaired) electrons. The van der Waals surface area contributed by atoms with Gasteiger partial charge in [-0.3, -0.25) is 9.59 Å². The van der Waals surface area contributed by atoms with Crippen molar-refractivity contribution < 1.29 is 9.59 Å². The molecule has 0 aliphatic heterocycles. The van der Waals surface area contributed by atoms with Crippen molar-refractivity contribution >= 4 is 44.4 Å². The summed E-state index contributed by atoms with van der Waals surface area (Å²) in [5.74, 6) is -0.203. The summed E-state index contributed by atoms with van der Waals surface area (Å²) in [5, 5.41) is 3.15. The summed E-state index contributed by atoms with van der Waals surface area (Å²) in [7, 11) is 0. The van der Waals surface area contributed by atoms with Gasteiger partial charge in [-0.05, 0) is 35.4 Å². The molecule has 1 aliphatic carbocycles. The van der Waals surface area contributed by atoms with Gasteiger partial charge in [0.2, 0.25) is 0 Å². The number of benzene rings is 3. The highest BCUT2D eigenvalue weighted by molar-refractivity contribution is 6.52. The molecule has 0 saturated carbocycles. The van der Waals surface area contributed by atoms with Gasteiger partial charge in [-0.1, -0.05) is 54.6 Å². The lowest BCUT2D eigenvalue weighted by atomic mass is 9.93. The number of aromatic amines is 1. The largest absolute Gasteiger partial charge is 0.358 e. The minimum atomic E-state index is -0.102. The van der Waals surface area contributed by atoms with Gasteiger partial charge < -0.3 is 4.98 Å². The number of ketones is 2. The van der Waals surface area contributed by atoms with E-state index in [9.17, 15) is 9.59 Å². The second-order valence-electron chi connectivity index (χ2n) is 7.01. The van der Waals surface area contributed by atoms with Gasteiger partial charge in [0.25, 0.3) is 0 Å². The average Bonchev–Trinajstić information content (AvgIpc) is 3.15. The Bertz CT molecular complexity index is 1290. The summed E-state index contributed by atoms with van der Waals surface area (Å²) >= 11 is 0. The molecule has 1 heterocycles. The smallest absolute Gasteiger partial charge is 0.172 e. The van der Waals surface area contributed by atoms with Crippen LogP contribution in [0.4, 0.5) is 0 Å². The zero-order chi connectivity index (χ0) is 18.5. The Hall–Kier alpha value is -3.46. The number of hydrogen-bond donors (Lipinski definition) is 1. The van der Waals surface area contributed by atoms with Crippen LogP contribution < -0.4 is 0 Å². The maximum atomic E-state index is 12.8. The van der Waals surface area contributed by atoms with E-state index in [1.165, 1.54) is 0 Å². The molecule has 130 valence electrons. The number of aromatic nitrogens is 1. The van der Waals surface area contributed by atoms with E-state index in [0.29, 0.717) is 11.1 Å². The molecule has 5 rings (SSSR count). The summed E-state index contributed by atoms with van der Waals surface area (Å²) in [5.41, 5.74) is 4.63. The molecule has 1 aliphatic rings. The van der Waals surface area contributed by atoms with Crippen molar-refractivity contribution in [1.29, 1.82) is 0 Å². The Labute approximate surface area is 156 Å². The van der Waals surface area contributed by atoms with Gasteiger partial charge in [0.05, 0.1) is 6.42 Å². The monoisotopic (exact) mass is 351 g/mol. The van der Waals surface area contributed by atoms with E-state index in [4.69, 9.17) is 0 Å². The molecule has 0 spiro atoms. The maximum Gasteiger partial charge on any atom is 0.172 e. The molecule has 3 nitrogen and oxygen atoms in total. The Kier molecular flexibility index (Phi) is 3.37. The topological polar surface area (TPSA) is 49.9 Å². The van der Waals surface area contributed by atoms with Crippen LogP contribution in [0.5, 0.6) is 0 Å². The normalized spacial score (nSPS) is 14.7. The fraction of sp³-hybridized carbons (Fsp3) is 0.0833. The van der Waals surface area contributed by atoms with E-state index in [0.717, 1.165) is 38.5 Å². The second kappa shape index (κ2) is 5.78. The minimum absolute atomic E-state index is 0.0591. The number of nitrogens with one attached hydrogen (secondary N) is 1. The van der Waals surface area contributed by atoms with Crippen LogP contribution in [0.3, 0.4) is 0 Å². The van der Waals surface area contributed by atoms with E-state index in [1.54, 1.807) is 0 Å². The zero-order valence-electron chi connectivity index (χ0n) is 14.9. The Morgan fingerprint density at radius 1 is 0.778 bits per heavy atom. The van der Waals surface area contributed by atoms with Crippen LogP contribution in [0, 0.1) is 6.92 Å². The van der Waals surface area contributed by atoms with Crippen molar-refractivity contribution in [2.75, 3.05) is 0 Å². The first-order chi connectivity index (χ1) is 13.1. The van der Waals surface area contributed by atoms with Gasteiger partial charge in [-0.2, -0.15) is 0 Å². The van der Waals surface area contributed by atoms with Crippen LogP contribution in [0.1, 0.15) is 23.2 Å². The summed E-state index contributed by atoms with van der Waals surface area (Å²) in [4.78, 5) is 29.0. The predicted octanol–water partition coefficient (Wildman–Crippen LogP) is 5.08. The average molecular weight is 351 g/mol. The van der Waals surface area contributed by atoms with Gasteiger partial charge in [-0.25, -0.2) is 0 Å². The predicted molar refractivity (Wildman–Crippen MR) is 108 cm³/mol. The minimum Gasteiger partial charge on any atom is -0.358 e. The second-order valence-corrected chi connectivity index (χ2v) is 7.01. The highest BCUT2D eigenvalue weighted by Crippen LogP contribution is 2.40. The SMILES string of the molecule is Cc1[nH]c2ccccc2c1C1=C(c2ccc3ccccc3c2)C(=O)CC1=O. The van der Waals surface area contributed by atoms with E-state index in [1.807, 2.05) is 73.7 Å². The highest BCUT2D eigenvalue weighted by Gasteiger charge is 2.34. The molecule has 3 heteroatoms. The standard InChI is InChI=1S/C24H17NO2/c1-14-22(18-8-4-5-9-19(18)25-14)24-21(27)13-20(26)23(24)17-11-10-15-6-2-3-7-16(15)12-17/h2-12,25H,13H2,1H3. The first-order valence-corrected chi connectivity index (χ1v) is 9.01. The van der Waals surface area contributed by atoms with Crippen molar-refractivity contribution in [1.82, 2.24) is 4.98 Å². The number of hydrogen-bond acceptors (Lipinski definition) is 2. The Morgan fingerprint density at radius 2 is 1.48 bits per heavy atom. The van der Waals surface area contributed by atoms with Crippen LogP contribution in [0.2, 0.25) is 0 Å². The summed E-state index contributed by atoms with van der Waals surface area (Å²) in [6.45, 7) is 1.95. The number of allylic oxidation sites excluding steroid dienone is 2. The van der Waals surface area contributed by atoms with Gasteiger partial charge in [0.15, 0.2) is 11.6 Å². The lowest BCUT2D eigenvalue weighted by Crippen LogP contribution is -1.97. The third kappa shape index (κ3) is 2.36. The molecule has 4 aromatic rings. The molecule has 0 fully saturated rings. The van der Waals surface area contributed by atoms with Gasteiger partial charge in [0, 0.05) is 33.3 Å². The summed E-state index contributed by atoms with van der Waals surface area (Å²) in [6, 6.07) is 21.9. The molecule has 0 unspecified atom stereocenters. The Balaban J connectivity index is 1.83.